The molecule has 1 fully saturated rings. The molecule has 0 aliphatic carbocycles. The Morgan fingerprint density at radius 2 is 2.12 bits per heavy atom. The molecule has 0 spiro atoms. The van der Waals surface area contributed by atoms with E-state index in [1.54, 1.807) is 0 Å². The summed E-state index contributed by atoms with van der Waals surface area (Å²) < 4.78 is 6.02. The monoisotopic (exact) mass is 219 g/mol. The summed E-state index contributed by atoms with van der Waals surface area (Å²) in [6, 6.07) is 8.73. The van der Waals surface area contributed by atoms with E-state index >= 15 is 0 Å². The number of hydrogen-bond donors (Lipinski definition) is 1. The molecule has 1 aliphatic rings. The second-order valence-corrected chi connectivity index (χ2v) is 4.64. The molecule has 2 unspecified atom stereocenters. The minimum absolute atomic E-state index is 0.251. The van der Waals surface area contributed by atoms with Crippen LogP contribution in [-0.4, -0.2) is 18.7 Å². The largest absolute Gasteiger partial charge is 0.489 e. The Morgan fingerprint density at radius 1 is 1.31 bits per heavy atom. The van der Waals surface area contributed by atoms with E-state index < -0.39 is 0 Å². The van der Waals surface area contributed by atoms with Crippen LogP contribution >= 0.6 is 0 Å². The van der Waals surface area contributed by atoms with Gasteiger partial charge in [-0.05, 0) is 44.9 Å². The van der Waals surface area contributed by atoms with E-state index in [-0.39, 0.29) is 6.10 Å². The Kier molecular flexibility index (Phi) is 3.83. The van der Waals surface area contributed by atoms with Crippen LogP contribution in [0.3, 0.4) is 0 Å². The third-order valence-corrected chi connectivity index (χ3v) is 3.32. The number of ether oxygens (including phenoxy) is 1. The molecule has 1 N–H and O–H groups in total. The van der Waals surface area contributed by atoms with Crippen LogP contribution in [-0.2, 0) is 0 Å². The van der Waals surface area contributed by atoms with Crippen molar-refractivity contribution in [1.82, 2.24) is 5.32 Å². The summed E-state index contributed by atoms with van der Waals surface area (Å²) in [5.74, 6) is 1.02. The van der Waals surface area contributed by atoms with Crippen LogP contribution in [0.1, 0.15) is 31.7 Å². The van der Waals surface area contributed by atoms with Gasteiger partial charge in [-0.15, -0.1) is 0 Å². The lowest BCUT2D eigenvalue weighted by Gasteiger charge is -2.29. The Morgan fingerprint density at radius 3 is 2.81 bits per heavy atom. The van der Waals surface area contributed by atoms with Gasteiger partial charge in [0.2, 0.25) is 0 Å². The number of benzene rings is 1. The van der Waals surface area contributed by atoms with Gasteiger partial charge in [-0.25, -0.2) is 0 Å². The van der Waals surface area contributed by atoms with Crippen LogP contribution in [0.5, 0.6) is 5.75 Å². The predicted octanol–water partition coefficient (Wildman–Crippen LogP) is 2.90. The topological polar surface area (TPSA) is 21.3 Å². The van der Waals surface area contributed by atoms with Crippen molar-refractivity contribution in [2.75, 3.05) is 6.54 Å². The zero-order valence-electron chi connectivity index (χ0n) is 10.2. The van der Waals surface area contributed by atoms with E-state index in [0.717, 1.165) is 12.3 Å². The molecule has 1 saturated heterocycles. The highest BCUT2D eigenvalue weighted by Crippen LogP contribution is 2.20. The smallest absolute Gasteiger partial charge is 0.122 e. The van der Waals surface area contributed by atoms with Crippen LogP contribution < -0.4 is 10.1 Å². The highest BCUT2D eigenvalue weighted by Gasteiger charge is 2.20. The number of hydrogen-bond acceptors (Lipinski definition) is 2. The Labute approximate surface area is 98.0 Å². The van der Waals surface area contributed by atoms with Gasteiger partial charge in [0.05, 0.1) is 0 Å². The molecular formula is C14H21NO. The van der Waals surface area contributed by atoms with Crippen molar-refractivity contribution >= 4 is 0 Å². The fraction of sp³-hybridized carbons (Fsp3) is 0.571. The molecule has 2 heteroatoms. The third kappa shape index (κ3) is 2.76. The van der Waals surface area contributed by atoms with E-state index in [2.05, 4.69) is 31.3 Å². The molecule has 0 radical (unpaired) electrons. The highest BCUT2D eigenvalue weighted by molar-refractivity contribution is 5.32. The second kappa shape index (κ2) is 5.35. The predicted molar refractivity (Wildman–Crippen MR) is 66.9 cm³/mol. The summed E-state index contributed by atoms with van der Waals surface area (Å²) in [5, 5.41) is 3.53. The van der Waals surface area contributed by atoms with Gasteiger partial charge in [-0.3, -0.25) is 0 Å². The fourth-order valence-corrected chi connectivity index (χ4v) is 2.25. The normalized spacial score (nSPS) is 22.8. The molecule has 0 bridgehead atoms. The first-order valence-corrected chi connectivity index (χ1v) is 6.23. The van der Waals surface area contributed by atoms with Crippen molar-refractivity contribution in [3.63, 3.8) is 0 Å². The van der Waals surface area contributed by atoms with Crippen molar-refractivity contribution < 1.29 is 4.74 Å². The summed E-state index contributed by atoms with van der Waals surface area (Å²) in [7, 11) is 0. The Bertz CT molecular complexity index is 331. The Balaban J connectivity index is 1.96. The minimum atomic E-state index is 0.251. The van der Waals surface area contributed by atoms with Gasteiger partial charge in [-0.1, -0.05) is 24.6 Å². The molecule has 88 valence electrons. The lowest BCUT2D eigenvalue weighted by atomic mass is 10.0. The van der Waals surface area contributed by atoms with Gasteiger partial charge in [0.25, 0.3) is 0 Å². The molecule has 0 amide bonds. The van der Waals surface area contributed by atoms with Gasteiger partial charge in [0.1, 0.15) is 11.9 Å². The zero-order valence-corrected chi connectivity index (χ0v) is 10.2. The maximum Gasteiger partial charge on any atom is 0.122 e. The number of piperidine rings is 1. The van der Waals surface area contributed by atoms with Crippen molar-refractivity contribution in [2.45, 2.75) is 45.3 Å². The number of rotatable bonds is 3. The summed E-state index contributed by atoms with van der Waals surface area (Å²) in [4.78, 5) is 0. The van der Waals surface area contributed by atoms with Crippen LogP contribution in [0.2, 0.25) is 0 Å². The average molecular weight is 219 g/mol. The molecule has 2 rings (SSSR count). The van der Waals surface area contributed by atoms with E-state index in [0.29, 0.717) is 6.04 Å². The molecule has 1 aromatic carbocycles. The molecule has 0 saturated carbocycles. The standard InChI is InChI=1S/C14H21NO/c1-11-7-3-4-9-14(11)16-12(2)13-8-5-6-10-15-13/h3-4,7,9,12-13,15H,5-6,8,10H2,1-2H3. The molecule has 2 nitrogen and oxygen atoms in total. The zero-order chi connectivity index (χ0) is 11.4. The summed E-state index contributed by atoms with van der Waals surface area (Å²) in [5.41, 5.74) is 1.21. The SMILES string of the molecule is Cc1ccccc1OC(C)C1CCCCN1. The van der Waals surface area contributed by atoms with E-state index in [4.69, 9.17) is 4.74 Å². The third-order valence-electron chi connectivity index (χ3n) is 3.32. The van der Waals surface area contributed by atoms with Crippen molar-refractivity contribution in [1.29, 1.82) is 0 Å². The quantitative estimate of drug-likeness (QED) is 0.844. The van der Waals surface area contributed by atoms with Gasteiger partial charge < -0.3 is 10.1 Å². The molecule has 1 aliphatic heterocycles. The van der Waals surface area contributed by atoms with E-state index in [1.165, 1.54) is 24.8 Å². The molecule has 1 heterocycles. The van der Waals surface area contributed by atoms with Gasteiger partial charge in [0, 0.05) is 6.04 Å². The molecular weight excluding hydrogens is 198 g/mol. The first-order valence-electron chi connectivity index (χ1n) is 6.23. The maximum absolute atomic E-state index is 6.02. The summed E-state index contributed by atoms with van der Waals surface area (Å²) in [6.07, 6.45) is 4.10. The number of para-hydroxylation sites is 1. The fourth-order valence-electron chi connectivity index (χ4n) is 2.25. The molecule has 2 atom stereocenters. The molecule has 1 aromatic rings. The molecule has 16 heavy (non-hydrogen) atoms. The molecule has 0 aromatic heterocycles. The van der Waals surface area contributed by atoms with Crippen LogP contribution in [0.15, 0.2) is 24.3 Å². The number of nitrogens with one attached hydrogen (secondary N) is 1. The van der Waals surface area contributed by atoms with E-state index in [1.807, 2.05) is 12.1 Å². The minimum Gasteiger partial charge on any atom is -0.489 e. The van der Waals surface area contributed by atoms with Crippen molar-refractivity contribution in [3.05, 3.63) is 29.8 Å². The van der Waals surface area contributed by atoms with E-state index in [9.17, 15) is 0 Å². The van der Waals surface area contributed by atoms with Crippen molar-refractivity contribution in [3.8, 4) is 5.75 Å². The number of aryl methyl sites for hydroxylation is 1. The average Bonchev–Trinajstić information content (AvgIpc) is 2.33. The highest BCUT2D eigenvalue weighted by atomic mass is 16.5. The van der Waals surface area contributed by atoms with Gasteiger partial charge >= 0.3 is 0 Å². The maximum atomic E-state index is 6.02. The van der Waals surface area contributed by atoms with Gasteiger partial charge in [0.15, 0.2) is 0 Å². The van der Waals surface area contributed by atoms with Crippen LogP contribution in [0, 0.1) is 6.92 Å². The first-order chi connectivity index (χ1) is 7.77. The second-order valence-electron chi connectivity index (χ2n) is 4.64. The van der Waals surface area contributed by atoms with Gasteiger partial charge in [-0.2, -0.15) is 0 Å². The first kappa shape index (κ1) is 11.5. The van der Waals surface area contributed by atoms with Crippen LogP contribution in [0.25, 0.3) is 0 Å². The Hall–Kier alpha value is -1.02. The summed E-state index contributed by atoms with van der Waals surface area (Å²) in [6.45, 7) is 5.39. The lowest BCUT2D eigenvalue weighted by Crippen LogP contribution is -2.44. The lowest BCUT2D eigenvalue weighted by molar-refractivity contribution is 0.152. The van der Waals surface area contributed by atoms with Crippen molar-refractivity contribution in [2.24, 2.45) is 0 Å². The van der Waals surface area contributed by atoms with Crippen LogP contribution in [0.4, 0.5) is 0 Å². The summed E-state index contributed by atoms with van der Waals surface area (Å²) >= 11 is 0.